The van der Waals surface area contributed by atoms with E-state index in [2.05, 4.69) is 4.74 Å². The van der Waals surface area contributed by atoms with E-state index in [1.165, 1.54) is 7.11 Å². The third kappa shape index (κ3) is 3.79. The number of carbonyl (C=O) groups excluding carboxylic acids is 1. The number of alkyl halides is 1. The summed E-state index contributed by atoms with van der Waals surface area (Å²) >= 11 is 0. The first-order valence-electron chi connectivity index (χ1n) is 4.69. The van der Waals surface area contributed by atoms with Gasteiger partial charge in [-0.3, -0.25) is 4.39 Å². The smallest absolute Gasteiger partial charge is 0.337 e. The van der Waals surface area contributed by atoms with Crippen LogP contribution in [0.25, 0.3) is 0 Å². The minimum Gasteiger partial charge on any atom is -0.465 e. The highest BCUT2D eigenvalue weighted by Crippen LogP contribution is 2.15. The van der Waals surface area contributed by atoms with Crippen molar-refractivity contribution < 1.29 is 13.9 Å². The fourth-order valence-electron chi connectivity index (χ4n) is 1.27. The number of halogens is 2. The molecule has 90 valence electrons. The highest BCUT2D eigenvalue weighted by molar-refractivity contribution is 5.89. The predicted molar refractivity (Wildman–Crippen MR) is 62.5 cm³/mol. The first-order valence-corrected chi connectivity index (χ1v) is 4.69. The van der Waals surface area contributed by atoms with Gasteiger partial charge < -0.3 is 10.5 Å². The second-order valence-corrected chi connectivity index (χ2v) is 3.20. The van der Waals surface area contributed by atoms with E-state index in [1.54, 1.807) is 24.3 Å². The number of esters is 1. The van der Waals surface area contributed by atoms with E-state index in [4.69, 9.17) is 5.73 Å². The zero-order valence-electron chi connectivity index (χ0n) is 8.98. The highest BCUT2D eigenvalue weighted by Gasteiger charge is 2.08. The number of carbonyl (C=O) groups is 1. The summed E-state index contributed by atoms with van der Waals surface area (Å²) in [6, 6.07) is 6.36. The van der Waals surface area contributed by atoms with Crippen LogP contribution in [-0.2, 0) is 4.74 Å². The van der Waals surface area contributed by atoms with Gasteiger partial charge >= 0.3 is 5.97 Å². The molecule has 0 fully saturated rings. The molecule has 0 saturated heterocycles. The standard InChI is InChI=1S/C11H14FNO2.ClH/c1-15-11(14)9-4-2-8(3-5-9)10(13)6-7-12;/h2-5,10H,6-7,13H2,1H3;1H/t10-;/m1./s1. The normalized spacial score (nSPS) is 11.4. The highest BCUT2D eigenvalue weighted by atomic mass is 35.5. The van der Waals surface area contributed by atoms with Gasteiger partial charge in [0.2, 0.25) is 0 Å². The van der Waals surface area contributed by atoms with Crippen molar-refractivity contribution in [1.29, 1.82) is 0 Å². The Morgan fingerprint density at radius 2 is 2.00 bits per heavy atom. The zero-order valence-corrected chi connectivity index (χ0v) is 9.80. The van der Waals surface area contributed by atoms with E-state index in [1.807, 2.05) is 0 Å². The van der Waals surface area contributed by atoms with Gasteiger partial charge in [-0.2, -0.15) is 0 Å². The molecule has 0 heterocycles. The maximum Gasteiger partial charge on any atom is 0.337 e. The molecule has 1 aromatic carbocycles. The fraction of sp³-hybridized carbons (Fsp3) is 0.364. The van der Waals surface area contributed by atoms with Gasteiger partial charge in [0, 0.05) is 6.04 Å². The van der Waals surface area contributed by atoms with Gasteiger partial charge in [-0.1, -0.05) is 12.1 Å². The van der Waals surface area contributed by atoms with E-state index >= 15 is 0 Å². The minimum atomic E-state index is -0.445. The van der Waals surface area contributed by atoms with Crippen LogP contribution in [0.15, 0.2) is 24.3 Å². The monoisotopic (exact) mass is 247 g/mol. The van der Waals surface area contributed by atoms with Crippen LogP contribution >= 0.6 is 12.4 Å². The largest absolute Gasteiger partial charge is 0.465 e. The molecule has 0 radical (unpaired) electrons. The van der Waals surface area contributed by atoms with Crippen molar-refractivity contribution in [3.63, 3.8) is 0 Å². The molecule has 0 spiro atoms. The molecule has 0 bridgehead atoms. The van der Waals surface area contributed by atoms with Crippen molar-refractivity contribution in [3.8, 4) is 0 Å². The van der Waals surface area contributed by atoms with Gasteiger partial charge in [0.05, 0.1) is 19.3 Å². The molecule has 3 nitrogen and oxygen atoms in total. The van der Waals surface area contributed by atoms with Crippen molar-refractivity contribution in [2.45, 2.75) is 12.5 Å². The zero-order chi connectivity index (χ0) is 11.3. The molecule has 0 saturated carbocycles. The number of rotatable bonds is 4. The van der Waals surface area contributed by atoms with Crippen LogP contribution in [0.2, 0.25) is 0 Å². The van der Waals surface area contributed by atoms with E-state index in [0.29, 0.717) is 5.56 Å². The maximum absolute atomic E-state index is 12.0. The molecule has 0 aliphatic rings. The van der Waals surface area contributed by atoms with E-state index in [-0.39, 0.29) is 30.8 Å². The second kappa shape index (κ2) is 7.19. The Labute approximate surface area is 100 Å². The van der Waals surface area contributed by atoms with Crippen molar-refractivity contribution in [3.05, 3.63) is 35.4 Å². The molecule has 5 heteroatoms. The Balaban J connectivity index is 0.00000225. The molecule has 1 atom stereocenters. The third-order valence-corrected chi connectivity index (χ3v) is 2.18. The molecule has 2 N–H and O–H groups in total. The topological polar surface area (TPSA) is 52.3 Å². The Morgan fingerprint density at radius 3 is 2.44 bits per heavy atom. The van der Waals surface area contributed by atoms with Gasteiger partial charge in [0.25, 0.3) is 0 Å². The molecule has 16 heavy (non-hydrogen) atoms. The molecule has 0 aliphatic carbocycles. The predicted octanol–water partition coefficient (Wildman–Crippen LogP) is 2.25. The summed E-state index contributed by atoms with van der Waals surface area (Å²) in [7, 11) is 1.32. The van der Waals surface area contributed by atoms with Crippen LogP contribution in [0.3, 0.4) is 0 Å². The lowest BCUT2D eigenvalue weighted by Crippen LogP contribution is -2.11. The lowest BCUT2D eigenvalue weighted by molar-refractivity contribution is 0.0600. The number of benzene rings is 1. The molecule has 0 aromatic heterocycles. The Hall–Kier alpha value is -1.13. The summed E-state index contributed by atoms with van der Waals surface area (Å²) in [6.07, 6.45) is 0.289. The maximum atomic E-state index is 12.0. The first-order chi connectivity index (χ1) is 7.19. The molecule has 0 amide bonds. The lowest BCUT2D eigenvalue weighted by Gasteiger charge is -2.09. The Bertz CT molecular complexity index is 329. The number of nitrogens with two attached hydrogens (primary N) is 1. The first kappa shape index (κ1) is 14.9. The lowest BCUT2D eigenvalue weighted by atomic mass is 10.0. The Morgan fingerprint density at radius 1 is 1.44 bits per heavy atom. The summed E-state index contributed by atoms with van der Waals surface area (Å²) in [5.41, 5.74) is 6.99. The second-order valence-electron chi connectivity index (χ2n) is 3.20. The van der Waals surface area contributed by atoms with Crippen LogP contribution in [0.4, 0.5) is 4.39 Å². The van der Waals surface area contributed by atoms with Crippen LogP contribution in [0.1, 0.15) is 28.4 Å². The van der Waals surface area contributed by atoms with Gasteiger partial charge in [-0.15, -0.1) is 12.4 Å². The van der Waals surface area contributed by atoms with E-state index in [0.717, 1.165) is 5.56 Å². The van der Waals surface area contributed by atoms with Crippen molar-refractivity contribution in [2.24, 2.45) is 5.73 Å². The van der Waals surface area contributed by atoms with Gasteiger partial charge in [-0.05, 0) is 24.1 Å². The number of ether oxygens (including phenoxy) is 1. The van der Waals surface area contributed by atoms with Crippen molar-refractivity contribution in [1.82, 2.24) is 0 Å². The van der Waals surface area contributed by atoms with Gasteiger partial charge in [0.1, 0.15) is 0 Å². The minimum absolute atomic E-state index is 0. The SMILES string of the molecule is COC(=O)c1ccc([C@H](N)CCF)cc1.Cl. The van der Waals surface area contributed by atoms with Gasteiger partial charge in [-0.25, -0.2) is 4.79 Å². The summed E-state index contributed by atoms with van der Waals surface area (Å²) < 4.78 is 16.6. The number of hydrogen-bond donors (Lipinski definition) is 1. The quantitative estimate of drug-likeness (QED) is 0.831. The molecule has 1 rings (SSSR count). The average molecular weight is 248 g/mol. The van der Waals surface area contributed by atoms with E-state index in [9.17, 15) is 9.18 Å². The van der Waals surface area contributed by atoms with Gasteiger partial charge in [0.15, 0.2) is 0 Å². The molecule has 0 unspecified atom stereocenters. The summed E-state index contributed by atoms with van der Waals surface area (Å²) in [6.45, 7) is -0.445. The van der Waals surface area contributed by atoms with Crippen LogP contribution in [0.5, 0.6) is 0 Å². The molecule has 1 aromatic rings. The molecule has 0 aliphatic heterocycles. The van der Waals surface area contributed by atoms with Crippen LogP contribution < -0.4 is 5.73 Å². The van der Waals surface area contributed by atoms with Crippen LogP contribution in [-0.4, -0.2) is 19.8 Å². The molecular formula is C11H15ClFNO2. The number of hydrogen-bond acceptors (Lipinski definition) is 3. The third-order valence-electron chi connectivity index (χ3n) is 2.18. The van der Waals surface area contributed by atoms with Crippen molar-refractivity contribution in [2.75, 3.05) is 13.8 Å². The summed E-state index contributed by atoms with van der Waals surface area (Å²) in [5.74, 6) is -0.388. The average Bonchev–Trinajstić information content (AvgIpc) is 2.28. The number of methoxy groups -OCH3 is 1. The summed E-state index contributed by atoms with van der Waals surface area (Å²) in [4.78, 5) is 11.1. The van der Waals surface area contributed by atoms with Crippen molar-refractivity contribution >= 4 is 18.4 Å². The van der Waals surface area contributed by atoms with Crippen LogP contribution in [0, 0.1) is 0 Å². The Kier molecular flexibility index (Phi) is 6.69. The summed E-state index contributed by atoms with van der Waals surface area (Å²) in [5, 5.41) is 0. The van der Waals surface area contributed by atoms with E-state index < -0.39 is 6.67 Å². The molecular weight excluding hydrogens is 233 g/mol. The fourth-order valence-corrected chi connectivity index (χ4v) is 1.27.